The van der Waals surface area contributed by atoms with Crippen molar-refractivity contribution >= 4 is 0 Å². The van der Waals surface area contributed by atoms with E-state index in [1.54, 1.807) is 0 Å². The first kappa shape index (κ1) is 4.96. The monoisotopic (exact) mass is 75.1 g/mol. The van der Waals surface area contributed by atoms with Crippen LogP contribution >= 0.6 is 0 Å². The van der Waals surface area contributed by atoms with Gasteiger partial charge in [0, 0.05) is 13.3 Å². The highest BCUT2D eigenvalue weighted by Gasteiger charge is 1.87. The second-order valence-corrected chi connectivity index (χ2v) is 1.31. The van der Waals surface area contributed by atoms with Gasteiger partial charge in [0.2, 0.25) is 0 Å². The highest BCUT2D eigenvalue weighted by molar-refractivity contribution is 4.34. The van der Waals surface area contributed by atoms with Crippen molar-refractivity contribution in [2.24, 2.45) is 0 Å². The van der Waals surface area contributed by atoms with Crippen molar-refractivity contribution in [3.8, 4) is 0 Å². The van der Waals surface area contributed by atoms with Gasteiger partial charge in [0.15, 0.2) is 6.10 Å². The van der Waals surface area contributed by atoms with Crippen molar-refractivity contribution in [3.63, 3.8) is 0 Å². The molecule has 1 atom stereocenters. The van der Waals surface area contributed by atoms with Gasteiger partial charge in [-0.15, -0.1) is 0 Å². The lowest BCUT2D eigenvalue weighted by molar-refractivity contribution is 0.191. The second kappa shape index (κ2) is 2.21. The highest BCUT2D eigenvalue weighted by atomic mass is 16.3. The van der Waals surface area contributed by atoms with Crippen LogP contribution in [0.5, 0.6) is 0 Å². The normalized spacial score (nSPS) is 15.0. The maximum Gasteiger partial charge on any atom is 0.150 e. The molecule has 0 aliphatic heterocycles. The largest absolute Gasteiger partial charge is 0.443 e. The van der Waals surface area contributed by atoms with Crippen molar-refractivity contribution in [2.45, 2.75) is 26.4 Å². The molecule has 0 aromatic rings. The molecule has 0 saturated heterocycles. The van der Waals surface area contributed by atoms with Gasteiger partial charge < -0.3 is 5.11 Å². The van der Waals surface area contributed by atoms with E-state index in [2.05, 4.69) is 0 Å². The van der Waals surface area contributed by atoms with Gasteiger partial charge in [-0.1, -0.05) is 6.92 Å². The van der Waals surface area contributed by atoms with E-state index in [1.165, 1.54) is 0 Å². The van der Waals surface area contributed by atoms with Gasteiger partial charge in [-0.3, -0.25) is 0 Å². The summed E-state index contributed by atoms with van der Waals surface area (Å²) in [6.45, 7) is 3.90. The Balaban J connectivity index is 2.54. The number of hydrogen-bond donors (Lipinski definition) is 0. The van der Waals surface area contributed by atoms with Crippen LogP contribution < -0.4 is 0 Å². The minimum Gasteiger partial charge on any atom is -0.443 e. The third kappa shape index (κ3) is 3.96. The second-order valence-electron chi connectivity index (χ2n) is 1.31. The zero-order valence-corrected chi connectivity index (χ0v) is 3.78. The van der Waals surface area contributed by atoms with Crippen molar-refractivity contribution in [1.29, 1.82) is 0 Å². The SMILES string of the molecule is CCC(C)[OH2+]. The third-order valence-corrected chi connectivity index (χ3v) is 0.612. The molecule has 1 unspecified atom stereocenters. The van der Waals surface area contributed by atoms with E-state index in [0.717, 1.165) is 6.42 Å². The van der Waals surface area contributed by atoms with Crippen molar-refractivity contribution in [1.82, 2.24) is 0 Å². The minimum atomic E-state index is 0.134. The lowest BCUT2D eigenvalue weighted by Gasteiger charge is -1.85. The first-order chi connectivity index (χ1) is 2.27. The molecule has 0 aromatic heterocycles. The van der Waals surface area contributed by atoms with E-state index in [-0.39, 0.29) is 6.10 Å². The molecule has 0 aliphatic carbocycles. The molecule has 0 aromatic carbocycles. The number of hydrogen-bond acceptors (Lipinski definition) is 0. The van der Waals surface area contributed by atoms with Crippen LogP contribution in [0, 0.1) is 0 Å². The van der Waals surface area contributed by atoms with Gasteiger partial charge in [0.25, 0.3) is 0 Å². The average molecular weight is 75.1 g/mol. The predicted molar refractivity (Wildman–Crippen MR) is 23.4 cm³/mol. The molecule has 0 amide bonds. The standard InChI is InChI=1S/C4H10O/c1-3-4(2)5/h4-5H,3H2,1-2H3/p+1. The third-order valence-electron chi connectivity index (χ3n) is 0.612. The quantitative estimate of drug-likeness (QED) is 0.405. The Kier molecular flexibility index (Phi) is 2.19. The molecule has 0 saturated carbocycles. The van der Waals surface area contributed by atoms with Crippen LogP contribution in [0.25, 0.3) is 0 Å². The molecule has 1 heteroatoms. The van der Waals surface area contributed by atoms with Crippen molar-refractivity contribution in [3.05, 3.63) is 0 Å². The van der Waals surface area contributed by atoms with Crippen LogP contribution in [0.4, 0.5) is 0 Å². The molecular formula is C4H11O+. The molecular weight excluding hydrogens is 64.0 g/mol. The topological polar surface area (TPSA) is 22.9 Å². The summed E-state index contributed by atoms with van der Waals surface area (Å²) in [4.78, 5) is 0. The van der Waals surface area contributed by atoms with Gasteiger partial charge in [0.1, 0.15) is 0 Å². The molecule has 0 aliphatic rings. The molecule has 0 rings (SSSR count). The summed E-state index contributed by atoms with van der Waals surface area (Å²) in [5, 5.41) is 6.83. The number of rotatable bonds is 1. The summed E-state index contributed by atoms with van der Waals surface area (Å²) < 4.78 is 0. The predicted octanol–water partition coefficient (Wildman–Crippen LogP) is 0.509. The fraction of sp³-hybridized carbons (Fsp3) is 1.00. The Morgan fingerprint density at radius 3 is 2.00 bits per heavy atom. The molecule has 0 spiro atoms. The van der Waals surface area contributed by atoms with Crippen LogP contribution in [0.15, 0.2) is 0 Å². The molecule has 32 valence electrons. The molecule has 0 heterocycles. The van der Waals surface area contributed by atoms with Crippen molar-refractivity contribution < 1.29 is 5.11 Å². The molecule has 5 heavy (non-hydrogen) atoms. The van der Waals surface area contributed by atoms with Gasteiger partial charge in [-0.05, 0) is 0 Å². The van der Waals surface area contributed by atoms with E-state index >= 15 is 0 Å². The lowest BCUT2D eigenvalue weighted by atomic mass is 10.3. The van der Waals surface area contributed by atoms with Gasteiger partial charge >= 0.3 is 0 Å². The smallest absolute Gasteiger partial charge is 0.150 e. The van der Waals surface area contributed by atoms with E-state index in [4.69, 9.17) is 5.11 Å². The fourth-order valence-electron chi connectivity index (χ4n) is 0. The van der Waals surface area contributed by atoms with Crippen LogP contribution in [-0.4, -0.2) is 11.2 Å². The summed E-state index contributed by atoms with van der Waals surface area (Å²) in [5.41, 5.74) is 0. The molecule has 2 N–H and O–H groups in total. The van der Waals surface area contributed by atoms with Gasteiger partial charge in [-0.2, -0.15) is 0 Å². The van der Waals surface area contributed by atoms with Crippen LogP contribution in [0.1, 0.15) is 20.3 Å². The Hall–Kier alpha value is -0.0400. The summed E-state index contributed by atoms with van der Waals surface area (Å²) in [6, 6.07) is 0. The average Bonchev–Trinajstić information content (AvgIpc) is 1.38. The van der Waals surface area contributed by atoms with E-state index in [1.807, 2.05) is 13.8 Å². The van der Waals surface area contributed by atoms with Crippen LogP contribution in [-0.2, 0) is 0 Å². The van der Waals surface area contributed by atoms with Gasteiger partial charge in [0.05, 0.1) is 0 Å². The Morgan fingerprint density at radius 2 is 2.00 bits per heavy atom. The molecule has 1 nitrogen and oxygen atoms in total. The van der Waals surface area contributed by atoms with E-state index in [9.17, 15) is 0 Å². The zero-order chi connectivity index (χ0) is 4.28. The lowest BCUT2D eigenvalue weighted by Crippen LogP contribution is -1.93. The summed E-state index contributed by atoms with van der Waals surface area (Å²) in [5.74, 6) is 0. The Bertz CT molecular complexity index is 17.6. The maximum absolute atomic E-state index is 6.83. The Labute approximate surface area is 32.6 Å². The van der Waals surface area contributed by atoms with Crippen LogP contribution in [0.2, 0.25) is 0 Å². The zero-order valence-electron chi connectivity index (χ0n) is 3.78. The maximum atomic E-state index is 6.83. The summed E-state index contributed by atoms with van der Waals surface area (Å²) in [6.07, 6.45) is 1.11. The molecule has 0 bridgehead atoms. The minimum absolute atomic E-state index is 0.134. The summed E-state index contributed by atoms with van der Waals surface area (Å²) >= 11 is 0. The van der Waals surface area contributed by atoms with E-state index in [0.29, 0.717) is 0 Å². The highest BCUT2D eigenvalue weighted by Crippen LogP contribution is 1.81. The Morgan fingerprint density at radius 1 is 1.80 bits per heavy atom. The van der Waals surface area contributed by atoms with Gasteiger partial charge in [-0.25, -0.2) is 0 Å². The fourth-order valence-corrected chi connectivity index (χ4v) is 0. The first-order valence-electron chi connectivity index (χ1n) is 1.98. The summed E-state index contributed by atoms with van der Waals surface area (Å²) in [7, 11) is 0. The molecule has 0 radical (unpaired) electrons. The van der Waals surface area contributed by atoms with Crippen molar-refractivity contribution in [2.75, 3.05) is 0 Å². The first-order valence-corrected chi connectivity index (χ1v) is 1.98. The van der Waals surface area contributed by atoms with Crippen LogP contribution in [0.3, 0.4) is 0 Å². The molecule has 0 fully saturated rings. The van der Waals surface area contributed by atoms with E-state index < -0.39 is 0 Å².